The summed E-state index contributed by atoms with van der Waals surface area (Å²) in [5, 5.41) is 8.36. The van der Waals surface area contributed by atoms with Crippen LogP contribution < -0.4 is 0 Å². The Bertz CT molecular complexity index is 104. The van der Waals surface area contributed by atoms with E-state index in [0.29, 0.717) is 0 Å². The minimum Gasteiger partial charge on any atom is -0.512 e. The van der Waals surface area contributed by atoms with Crippen LogP contribution in [0.25, 0.3) is 0 Å². The van der Waals surface area contributed by atoms with Crippen molar-refractivity contribution in [1.29, 1.82) is 0 Å². The molecule has 0 atom stereocenters. The Hall–Kier alpha value is -0.0757. The average Bonchev–Trinajstić information content (AvgIpc) is 1.27. The summed E-state index contributed by atoms with van der Waals surface area (Å²) in [6, 6.07) is 0. The number of hydrogen-bond donors (Lipinski definition) is 1. The molecule has 0 rings (SSSR count). The first-order valence-corrected chi connectivity index (χ1v) is 2.01. The topological polar surface area (TPSA) is 37.3 Å². The van der Waals surface area contributed by atoms with Gasteiger partial charge in [-0.05, 0) is 13.8 Å². The molecule has 2 nitrogen and oxygen atoms in total. The molecule has 0 saturated heterocycles. The second kappa shape index (κ2) is 7.92. The van der Waals surface area contributed by atoms with E-state index in [-0.39, 0.29) is 40.7 Å². The summed E-state index contributed by atoms with van der Waals surface area (Å²) in [5.41, 5.74) is 0. The molecule has 52 valence electrons. The standard InChI is InChI=1S/C5H8O2.CH3.Ti/c1-4(6)3-5(2)7;;/h3,6H,1-2H3;1H3;/q;-1;. The summed E-state index contributed by atoms with van der Waals surface area (Å²) in [7, 11) is 0. The molecule has 0 amide bonds. The third-order valence-corrected chi connectivity index (χ3v) is 0.412. The van der Waals surface area contributed by atoms with Gasteiger partial charge in [-0.1, -0.05) is 0 Å². The van der Waals surface area contributed by atoms with Gasteiger partial charge in [-0.25, -0.2) is 0 Å². The fourth-order valence-corrected chi connectivity index (χ4v) is 0.294. The minimum absolute atomic E-state index is 0. The second-order valence-corrected chi connectivity index (χ2v) is 1.40. The summed E-state index contributed by atoms with van der Waals surface area (Å²) in [6.07, 6.45) is 1.17. The van der Waals surface area contributed by atoms with Crippen LogP contribution in [0.3, 0.4) is 0 Å². The van der Waals surface area contributed by atoms with Crippen LogP contribution in [-0.2, 0) is 26.5 Å². The van der Waals surface area contributed by atoms with Crippen LogP contribution in [0.1, 0.15) is 13.8 Å². The molecule has 0 aliphatic rings. The van der Waals surface area contributed by atoms with E-state index in [9.17, 15) is 4.79 Å². The molecule has 0 fully saturated rings. The molecule has 0 unspecified atom stereocenters. The van der Waals surface area contributed by atoms with E-state index in [4.69, 9.17) is 5.11 Å². The number of ketones is 1. The quantitative estimate of drug-likeness (QED) is 0.275. The van der Waals surface area contributed by atoms with Crippen LogP contribution in [0, 0.1) is 7.43 Å². The molecule has 0 heterocycles. The van der Waals surface area contributed by atoms with Crippen LogP contribution >= 0.6 is 0 Å². The van der Waals surface area contributed by atoms with Crippen LogP contribution in [-0.4, -0.2) is 10.9 Å². The molecule has 0 saturated carbocycles. The fourth-order valence-electron chi connectivity index (χ4n) is 0.294. The molecular formula is C6H11O2Ti-. The van der Waals surface area contributed by atoms with Crippen LogP contribution in [0.5, 0.6) is 0 Å². The van der Waals surface area contributed by atoms with Gasteiger partial charge in [0.25, 0.3) is 0 Å². The van der Waals surface area contributed by atoms with Crippen molar-refractivity contribution in [3.8, 4) is 0 Å². The van der Waals surface area contributed by atoms with Gasteiger partial charge in [0.1, 0.15) is 0 Å². The van der Waals surface area contributed by atoms with Crippen LogP contribution in [0.4, 0.5) is 0 Å². The number of allylic oxidation sites excluding steroid dienone is 2. The summed E-state index contributed by atoms with van der Waals surface area (Å²) in [4.78, 5) is 10.0. The van der Waals surface area contributed by atoms with Gasteiger partial charge in [0.05, 0.1) is 5.76 Å². The predicted molar refractivity (Wildman–Crippen MR) is 33.5 cm³/mol. The van der Waals surface area contributed by atoms with Gasteiger partial charge in [0.2, 0.25) is 0 Å². The summed E-state index contributed by atoms with van der Waals surface area (Å²) in [5.74, 6) is -0.0625. The Kier molecular flexibility index (Phi) is 14.1. The first kappa shape index (κ1) is 16.0. The number of rotatable bonds is 1. The molecule has 1 N–H and O–H groups in total. The third-order valence-electron chi connectivity index (χ3n) is 0.412. The van der Waals surface area contributed by atoms with Gasteiger partial charge in [0, 0.05) is 27.8 Å². The summed E-state index contributed by atoms with van der Waals surface area (Å²) >= 11 is 0. The fraction of sp³-hybridized carbons (Fsp3) is 0.333. The van der Waals surface area contributed by atoms with Gasteiger partial charge in [0.15, 0.2) is 5.78 Å². The molecule has 3 heteroatoms. The van der Waals surface area contributed by atoms with E-state index in [1.54, 1.807) is 0 Å². The monoisotopic (exact) mass is 163 g/mol. The molecule has 0 spiro atoms. The zero-order valence-electron chi connectivity index (χ0n) is 5.93. The molecule has 0 aromatic heterocycles. The van der Waals surface area contributed by atoms with E-state index in [1.807, 2.05) is 0 Å². The Labute approximate surface area is 70.8 Å². The number of aliphatic hydroxyl groups is 1. The van der Waals surface area contributed by atoms with Gasteiger partial charge in [-0.3, -0.25) is 4.79 Å². The van der Waals surface area contributed by atoms with Crippen molar-refractivity contribution in [1.82, 2.24) is 0 Å². The van der Waals surface area contributed by atoms with Crippen LogP contribution in [0.2, 0.25) is 0 Å². The van der Waals surface area contributed by atoms with Gasteiger partial charge < -0.3 is 12.5 Å². The SMILES string of the molecule is CC(=O)C=C(C)O.[CH3-].[Ti]. The minimum atomic E-state index is -0.125. The number of aliphatic hydroxyl groups excluding tert-OH is 1. The molecule has 0 aromatic rings. The van der Waals surface area contributed by atoms with Crippen molar-refractivity contribution >= 4 is 5.78 Å². The van der Waals surface area contributed by atoms with E-state index >= 15 is 0 Å². The maximum atomic E-state index is 10.0. The average molecular weight is 163 g/mol. The van der Waals surface area contributed by atoms with Gasteiger partial charge in [-0.2, -0.15) is 0 Å². The summed E-state index contributed by atoms with van der Waals surface area (Å²) in [6.45, 7) is 2.85. The Balaban J connectivity index is -0.000000180. The molecule has 0 aromatic carbocycles. The predicted octanol–water partition coefficient (Wildman–Crippen LogP) is 1.48. The number of hydrogen-bond acceptors (Lipinski definition) is 2. The molecule has 9 heavy (non-hydrogen) atoms. The number of carbonyl (C=O) groups excluding carboxylic acids is 1. The largest absolute Gasteiger partial charge is 0.512 e. The van der Waals surface area contributed by atoms with Gasteiger partial charge >= 0.3 is 0 Å². The van der Waals surface area contributed by atoms with E-state index in [1.165, 1.54) is 19.9 Å². The maximum Gasteiger partial charge on any atom is 0.155 e. The molecular weight excluding hydrogens is 152 g/mol. The number of carbonyl (C=O) groups is 1. The Morgan fingerprint density at radius 3 is 1.78 bits per heavy atom. The van der Waals surface area contributed by atoms with Crippen molar-refractivity contribution < 1.29 is 31.6 Å². The molecule has 0 aliphatic heterocycles. The normalized spacial score (nSPS) is 8.89. The third kappa shape index (κ3) is 18.1. The molecule has 0 bridgehead atoms. The second-order valence-electron chi connectivity index (χ2n) is 1.40. The van der Waals surface area contributed by atoms with Gasteiger partial charge in [-0.15, -0.1) is 0 Å². The first-order chi connectivity index (χ1) is 3.13. The Morgan fingerprint density at radius 1 is 1.44 bits per heavy atom. The van der Waals surface area contributed by atoms with Crippen LogP contribution in [0.15, 0.2) is 11.8 Å². The smallest absolute Gasteiger partial charge is 0.155 e. The van der Waals surface area contributed by atoms with Crippen molar-refractivity contribution in [2.75, 3.05) is 0 Å². The zero-order valence-corrected chi connectivity index (χ0v) is 7.49. The zero-order chi connectivity index (χ0) is 5.86. The van der Waals surface area contributed by atoms with E-state index in [0.717, 1.165) is 0 Å². The molecule has 0 aliphatic carbocycles. The molecule has 0 radical (unpaired) electrons. The van der Waals surface area contributed by atoms with Crippen molar-refractivity contribution in [3.63, 3.8) is 0 Å². The summed E-state index contributed by atoms with van der Waals surface area (Å²) < 4.78 is 0. The van der Waals surface area contributed by atoms with E-state index < -0.39 is 0 Å². The maximum absolute atomic E-state index is 10.0. The van der Waals surface area contributed by atoms with Crippen molar-refractivity contribution in [3.05, 3.63) is 19.3 Å². The van der Waals surface area contributed by atoms with Crippen molar-refractivity contribution in [2.45, 2.75) is 13.8 Å². The van der Waals surface area contributed by atoms with E-state index in [2.05, 4.69) is 0 Å². The van der Waals surface area contributed by atoms with Crippen molar-refractivity contribution in [2.24, 2.45) is 0 Å². The first-order valence-electron chi connectivity index (χ1n) is 2.01. The Morgan fingerprint density at radius 2 is 1.78 bits per heavy atom.